The number of rotatable bonds is 1. The van der Waals surface area contributed by atoms with Crippen molar-refractivity contribution in [3.05, 3.63) is 24.3 Å². The van der Waals surface area contributed by atoms with Gasteiger partial charge in [-0.1, -0.05) is 11.9 Å². The van der Waals surface area contributed by atoms with Crippen LogP contribution in [-0.2, 0) is 0 Å². The minimum atomic E-state index is 0. The van der Waals surface area contributed by atoms with E-state index in [1.54, 1.807) is 25.6 Å². The molecule has 0 bridgehead atoms. The molecule has 1 aromatic rings. The minimum absolute atomic E-state index is 0. The fraction of sp³-hybridized carbons (Fsp3) is 0.167. The van der Waals surface area contributed by atoms with Gasteiger partial charge in [-0.15, -0.1) is 6.21 Å². The van der Waals surface area contributed by atoms with E-state index in [2.05, 4.69) is 21.2 Å². The summed E-state index contributed by atoms with van der Waals surface area (Å²) >= 11 is 0. The smallest absolute Gasteiger partial charge is 0.0403 e. The Hall–Kier alpha value is -0.198. The Morgan fingerprint density at radius 3 is 2.80 bits per heavy atom. The van der Waals surface area contributed by atoms with E-state index < -0.39 is 0 Å². The molecule has 0 aliphatic heterocycles. The molecule has 0 saturated heterocycles. The van der Waals surface area contributed by atoms with Gasteiger partial charge in [0.15, 0.2) is 0 Å². The SMILES string of the molecule is CN=[C-]c1cnccn1.[U]. The normalized spacial score (nSPS) is 9.30. The molecule has 0 atom stereocenters. The summed E-state index contributed by atoms with van der Waals surface area (Å²) in [4.78, 5) is 11.4. The molecule has 0 aromatic carbocycles. The van der Waals surface area contributed by atoms with Crippen LogP contribution in [0.5, 0.6) is 0 Å². The number of aliphatic imine (C=N–C) groups is 1. The average Bonchev–Trinajstić information content (AvgIpc) is 1.91. The van der Waals surface area contributed by atoms with Crippen molar-refractivity contribution in [2.24, 2.45) is 4.99 Å². The van der Waals surface area contributed by atoms with Crippen molar-refractivity contribution in [3.63, 3.8) is 0 Å². The van der Waals surface area contributed by atoms with Gasteiger partial charge < -0.3 is 9.98 Å². The Labute approximate surface area is 83.4 Å². The molecule has 4 heteroatoms. The van der Waals surface area contributed by atoms with E-state index in [1.165, 1.54) is 0 Å². The predicted molar refractivity (Wildman–Crippen MR) is 34.5 cm³/mol. The first-order valence-corrected chi connectivity index (χ1v) is 2.54. The third-order valence-corrected chi connectivity index (χ3v) is 0.790. The van der Waals surface area contributed by atoms with Gasteiger partial charge in [0, 0.05) is 50.6 Å². The summed E-state index contributed by atoms with van der Waals surface area (Å²) in [6, 6.07) is 0. The third-order valence-electron chi connectivity index (χ3n) is 0.790. The molecule has 0 unspecified atom stereocenters. The molecule has 50 valence electrons. The van der Waals surface area contributed by atoms with E-state index in [1.807, 2.05) is 0 Å². The summed E-state index contributed by atoms with van der Waals surface area (Å²) in [5.74, 6) is 0. The standard InChI is InChI=1S/C6H6N3.U/c1-7-4-6-5-8-2-3-9-6;/h2-3,5H,1H3;/q-1;. The average molecular weight is 358 g/mol. The first-order chi connectivity index (χ1) is 4.43. The van der Waals surface area contributed by atoms with E-state index in [0.717, 1.165) is 0 Å². The summed E-state index contributed by atoms with van der Waals surface area (Å²) in [6.45, 7) is 0. The molecule has 0 N–H and O–H groups in total. The van der Waals surface area contributed by atoms with Gasteiger partial charge in [-0.3, -0.25) is 4.98 Å². The van der Waals surface area contributed by atoms with E-state index >= 15 is 0 Å². The van der Waals surface area contributed by atoms with Gasteiger partial charge in [0.05, 0.1) is 0 Å². The minimum Gasteiger partial charge on any atom is -0.397 e. The molecule has 10 heavy (non-hydrogen) atoms. The summed E-state index contributed by atoms with van der Waals surface area (Å²) in [5.41, 5.74) is 0.667. The van der Waals surface area contributed by atoms with E-state index in [4.69, 9.17) is 0 Å². The van der Waals surface area contributed by atoms with Crippen molar-refractivity contribution in [1.29, 1.82) is 0 Å². The molecular weight excluding hydrogens is 352 g/mol. The van der Waals surface area contributed by atoms with E-state index in [0.29, 0.717) is 5.69 Å². The van der Waals surface area contributed by atoms with Crippen LogP contribution in [-0.4, -0.2) is 23.2 Å². The monoisotopic (exact) mass is 358 g/mol. The molecule has 0 aliphatic carbocycles. The second-order valence-electron chi connectivity index (χ2n) is 1.43. The fourth-order valence-corrected chi connectivity index (χ4v) is 0.471. The molecule has 1 aromatic heterocycles. The number of nitrogens with zero attached hydrogens (tertiary/aromatic N) is 3. The fourth-order valence-electron chi connectivity index (χ4n) is 0.471. The Morgan fingerprint density at radius 2 is 2.30 bits per heavy atom. The Balaban J connectivity index is 0.000000810. The molecule has 0 fully saturated rings. The molecule has 0 aliphatic rings. The molecule has 0 amide bonds. The molecule has 0 spiro atoms. The number of aromatic nitrogens is 2. The van der Waals surface area contributed by atoms with Gasteiger partial charge in [0.1, 0.15) is 0 Å². The zero-order chi connectivity index (χ0) is 6.53. The van der Waals surface area contributed by atoms with E-state index in [9.17, 15) is 0 Å². The van der Waals surface area contributed by atoms with Crippen LogP contribution in [0.15, 0.2) is 23.6 Å². The largest absolute Gasteiger partial charge is 0.397 e. The third kappa shape index (κ3) is 3.09. The van der Waals surface area contributed by atoms with Crippen LogP contribution < -0.4 is 0 Å². The Bertz CT molecular complexity index is 197. The molecule has 1 heterocycles. The van der Waals surface area contributed by atoms with Gasteiger partial charge in [-0.25, -0.2) is 0 Å². The van der Waals surface area contributed by atoms with Gasteiger partial charge in [-0.05, 0) is 0 Å². The first kappa shape index (κ1) is 9.80. The summed E-state index contributed by atoms with van der Waals surface area (Å²) in [7, 11) is 1.65. The van der Waals surface area contributed by atoms with Crippen LogP contribution in [0.25, 0.3) is 0 Å². The number of hydrogen-bond donors (Lipinski definition) is 0. The Kier molecular flexibility index (Phi) is 5.47. The van der Waals surface area contributed by atoms with Gasteiger partial charge in [-0.2, -0.15) is 0 Å². The second kappa shape index (κ2) is 5.58. The van der Waals surface area contributed by atoms with Gasteiger partial charge in [0.2, 0.25) is 0 Å². The van der Waals surface area contributed by atoms with Crippen LogP contribution in [0.3, 0.4) is 0 Å². The molecule has 0 radical (unpaired) electrons. The van der Waals surface area contributed by atoms with Crippen molar-refractivity contribution in [2.75, 3.05) is 7.05 Å². The zero-order valence-electron chi connectivity index (χ0n) is 5.57. The maximum atomic E-state index is 3.90. The van der Waals surface area contributed by atoms with Crippen LogP contribution in [0.4, 0.5) is 0 Å². The maximum Gasteiger partial charge on any atom is 0.0403 e. The van der Waals surface area contributed by atoms with Crippen LogP contribution in [0.2, 0.25) is 0 Å². The number of hydrogen-bond acceptors (Lipinski definition) is 3. The molecule has 0 saturated carbocycles. The summed E-state index contributed by atoms with van der Waals surface area (Å²) in [5, 5.41) is 0. The molecular formula is C6H6N3U-. The van der Waals surface area contributed by atoms with Crippen molar-refractivity contribution in [2.45, 2.75) is 0 Å². The van der Waals surface area contributed by atoms with Crippen molar-refractivity contribution in [1.82, 2.24) is 9.97 Å². The predicted octanol–water partition coefficient (Wildman–Crippen LogP) is 0.402. The van der Waals surface area contributed by atoms with Gasteiger partial charge >= 0.3 is 0 Å². The molecule has 3 nitrogen and oxygen atoms in total. The first-order valence-electron chi connectivity index (χ1n) is 2.54. The van der Waals surface area contributed by atoms with E-state index in [-0.39, 0.29) is 31.1 Å². The van der Waals surface area contributed by atoms with Crippen LogP contribution >= 0.6 is 0 Å². The quantitative estimate of drug-likeness (QED) is 0.539. The Morgan fingerprint density at radius 1 is 1.50 bits per heavy atom. The van der Waals surface area contributed by atoms with Crippen molar-refractivity contribution >= 4 is 6.21 Å². The van der Waals surface area contributed by atoms with Crippen LogP contribution in [0, 0.1) is 31.1 Å². The maximum absolute atomic E-state index is 3.90. The van der Waals surface area contributed by atoms with Crippen LogP contribution in [0.1, 0.15) is 5.69 Å². The van der Waals surface area contributed by atoms with Crippen molar-refractivity contribution < 1.29 is 31.1 Å². The summed E-state index contributed by atoms with van der Waals surface area (Å²) in [6.07, 6.45) is 7.48. The second-order valence-corrected chi connectivity index (χ2v) is 1.43. The zero-order valence-corrected chi connectivity index (χ0v) is 9.74. The molecule has 1 rings (SSSR count). The van der Waals surface area contributed by atoms with Gasteiger partial charge in [0.25, 0.3) is 0 Å². The van der Waals surface area contributed by atoms with Crippen molar-refractivity contribution in [3.8, 4) is 0 Å². The summed E-state index contributed by atoms with van der Waals surface area (Å²) < 4.78 is 0. The topological polar surface area (TPSA) is 38.1 Å².